The molecule has 2 aliphatic rings. The number of fused-ring (bicyclic) bond motifs is 2. The summed E-state index contributed by atoms with van der Waals surface area (Å²) in [7, 11) is 0. The van der Waals surface area contributed by atoms with Crippen LogP contribution in [0.25, 0.3) is 32.7 Å². The Morgan fingerprint density at radius 2 is 0.667 bits per heavy atom. The first-order valence-electron chi connectivity index (χ1n) is 22.9. The van der Waals surface area contributed by atoms with Crippen LogP contribution in [0.3, 0.4) is 0 Å². The van der Waals surface area contributed by atoms with Crippen molar-refractivity contribution in [2.24, 2.45) is 0 Å². The van der Waals surface area contributed by atoms with E-state index in [4.69, 9.17) is 33.8 Å². The van der Waals surface area contributed by atoms with E-state index in [0.717, 1.165) is 67.3 Å². The van der Waals surface area contributed by atoms with Gasteiger partial charge in [0.2, 0.25) is 0 Å². The maximum atomic E-state index is 11.6. The van der Waals surface area contributed by atoms with E-state index in [9.17, 15) is 30.0 Å². The van der Waals surface area contributed by atoms with E-state index in [1.54, 1.807) is 72.8 Å². The highest BCUT2D eigenvalue weighted by Crippen LogP contribution is 2.39. The molecular weight excluding hydrogens is 945 g/mol. The van der Waals surface area contributed by atoms with Crippen LogP contribution in [-0.4, -0.2) is 54.7 Å². The Morgan fingerprint density at radius 1 is 0.400 bits per heavy atom. The Labute approximate surface area is 431 Å². The van der Waals surface area contributed by atoms with E-state index in [2.05, 4.69) is 0 Å². The highest BCUT2D eigenvalue weighted by molar-refractivity contribution is 6.06. The summed E-state index contributed by atoms with van der Waals surface area (Å²) in [6.07, 6.45) is 15.0. The van der Waals surface area contributed by atoms with Crippen molar-refractivity contribution in [3.8, 4) is 11.5 Å². The molecule has 0 bridgehead atoms. The number of carbonyl (C=O) groups is 2. The minimum atomic E-state index is -1.28. The molecule has 8 aromatic rings. The monoisotopic (exact) mass is 998 g/mol. The third-order valence-electron chi connectivity index (χ3n) is 12.2. The molecule has 0 radical (unpaired) electrons. The summed E-state index contributed by atoms with van der Waals surface area (Å²) >= 11 is 0. The van der Waals surface area contributed by atoms with Crippen LogP contribution in [0.2, 0.25) is 0 Å². The first kappa shape index (κ1) is 54.1. The van der Waals surface area contributed by atoms with E-state index in [1.807, 2.05) is 121 Å². The average molecular weight is 999 g/mol. The number of allylic oxidation sites excluding steroid dienone is 10. The molecule has 0 saturated carbocycles. The Morgan fingerprint density at radius 3 is 0.933 bits per heavy atom. The number of rotatable bonds is 8. The number of carboxylic acids is 2. The number of nitrogens with one attached hydrogen (secondary N) is 2. The van der Waals surface area contributed by atoms with Gasteiger partial charge in [-0.1, -0.05) is 121 Å². The van der Waals surface area contributed by atoms with Crippen LogP contribution >= 0.6 is 0 Å². The second-order valence-corrected chi connectivity index (χ2v) is 17.1. The van der Waals surface area contributed by atoms with Gasteiger partial charge in [0.05, 0.1) is 11.4 Å². The summed E-state index contributed by atoms with van der Waals surface area (Å²) in [5, 5.41) is 58.1. The Hall–Kier alpha value is -10.3. The van der Waals surface area contributed by atoms with E-state index in [0.29, 0.717) is 44.1 Å². The van der Waals surface area contributed by atoms with Crippen LogP contribution in [0.15, 0.2) is 217 Å². The smallest absolute Gasteiger partial charge is 0.339 e. The first-order valence-corrected chi connectivity index (χ1v) is 22.9. The molecule has 0 aliphatic heterocycles. The Bertz CT molecular complexity index is 3290. The minimum Gasteiger partial charge on any atom is -0.507 e. The second-order valence-electron chi connectivity index (χ2n) is 17.1. The third kappa shape index (κ3) is 12.4. The molecule has 376 valence electrons. The second kappa shape index (κ2) is 23.8. The topological polar surface area (TPSA) is 330 Å². The Balaban J connectivity index is 0.000000183. The quantitative estimate of drug-likeness (QED) is 0.0642. The van der Waals surface area contributed by atoms with E-state index in [1.165, 1.54) is 12.1 Å². The van der Waals surface area contributed by atoms with Crippen molar-refractivity contribution < 1.29 is 41.0 Å². The van der Waals surface area contributed by atoms with Crippen molar-refractivity contribution in [1.29, 1.82) is 10.8 Å². The summed E-state index contributed by atoms with van der Waals surface area (Å²) in [6, 6.07) is 48.0. The zero-order chi connectivity index (χ0) is 51.8. The number of aromatic carboxylic acids is 2. The van der Waals surface area contributed by atoms with Crippen LogP contribution in [0.5, 0.6) is 11.5 Å². The maximum absolute atomic E-state index is 11.6. The number of hydrogen-bond donors (Lipinski definition) is 10. The molecule has 8 aromatic carbocycles. The van der Waals surface area contributed by atoms with Crippen molar-refractivity contribution in [2.45, 2.75) is 6.42 Å². The van der Waals surface area contributed by atoms with Crippen molar-refractivity contribution in [3.63, 3.8) is 0 Å². The molecule has 14 heteroatoms. The normalized spacial score (nSPS) is 12.2. The van der Waals surface area contributed by atoms with E-state index >= 15 is 0 Å². The molecule has 18 N–H and O–H groups in total. The van der Waals surface area contributed by atoms with Gasteiger partial charge in [0.25, 0.3) is 0 Å². The van der Waals surface area contributed by atoms with Crippen LogP contribution in [0.1, 0.15) is 54.1 Å². The molecule has 0 atom stereocenters. The van der Waals surface area contributed by atoms with Crippen molar-refractivity contribution >= 4 is 78.8 Å². The van der Waals surface area contributed by atoms with Gasteiger partial charge in [-0.25, -0.2) is 9.59 Å². The number of benzene rings is 8. The molecule has 0 heterocycles. The summed E-state index contributed by atoms with van der Waals surface area (Å²) in [4.78, 5) is 23.2. The molecule has 14 nitrogen and oxygen atoms in total. The first-order chi connectivity index (χ1) is 35.1. The third-order valence-corrected chi connectivity index (χ3v) is 12.2. The van der Waals surface area contributed by atoms with Gasteiger partial charge in [-0.2, -0.15) is 0 Å². The van der Waals surface area contributed by atoms with E-state index < -0.39 is 23.4 Å². The summed E-state index contributed by atoms with van der Waals surface area (Å²) in [5.41, 5.74) is 35.9. The lowest BCUT2D eigenvalue weighted by Gasteiger charge is -2.16. The Kier molecular flexibility index (Phi) is 17.1. The van der Waals surface area contributed by atoms with Crippen LogP contribution in [0, 0.1) is 10.8 Å². The van der Waals surface area contributed by atoms with Gasteiger partial charge in [0.1, 0.15) is 22.6 Å². The van der Waals surface area contributed by atoms with Gasteiger partial charge in [-0.3, -0.25) is 0 Å². The lowest BCUT2D eigenvalue weighted by molar-refractivity contribution is 0.0682. The number of aromatic hydroxyl groups is 2. The van der Waals surface area contributed by atoms with Crippen molar-refractivity contribution in [2.75, 3.05) is 22.9 Å². The van der Waals surface area contributed by atoms with Gasteiger partial charge in [0, 0.05) is 40.3 Å². The van der Waals surface area contributed by atoms with Crippen LogP contribution in [-0.2, 0) is 6.42 Å². The molecule has 0 aromatic heterocycles. The SMILES string of the molecule is N=C1C=CC(=C(c2ccc(N)cc2)c2ccc(N)cc2)C=C1.N=C1C=CC(=C(c2ccc(N)cc2)c2ccc(N)cc2)C=C1.O.O.O=C(O)c1cc2ccccc2c(Cc2c(O)c(C(=O)O)cc3ccccc23)c1O. The standard InChI is InChI=1S/C23H16O6.2C19H17N3.2H2O/c24-20-16(14-7-3-1-5-12(14)9-18(20)22(26)27)11-17-15-8-4-2-6-13(15)10-19(21(17)25)23(28)29;2*20-16-7-1-13(2-8-16)19(14-3-9-17(21)10-4-14)15-5-11-18(22)12-6-15;;/h1-10,24-25H,11H2,(H,26,27)(H,28,29);2*1-12,20H,21-22H2;2*1H2. The number of nitrogens with two attached hydrogens (primary N) is 4. The van der Waals surface area contributed by atoms with Crippen molar-refractivity contribution in [1.82, 2.24) is 0 Å². The van der Waals surface area contributed by atoms with E-state index in [-0.39, 0.29) is 28.5 Å². The fourth-order valence-corrected chi connectivity index (χ4v) is 8.56. The summed E-state index contributed by atoms with van der Waals surface area (Å²) in [6.45, 7) is 0. The summed E-state index contributed by atoms with van der Waals surface area (Å²) in [5.74, 6) is -3.36. The van der Waals surface area contributed by atoms with Gasteiger partial charge < -0.3 is 65.1 Å². The van der Waals surface area contributed by atoms with Crippen LogP contribution in [0.4, 0.5) is 22.7 Å². The number of anilines is 4. The largest absolute Gasteiger partial charge is 0.507 e. The molecule has 2 aliphatic carbocycles. The average Bonchev–Trinajstić information content (AvgIpc) is 3.39. The number of phenols is 2. The summed E-state index contributed by atoms with van der Waals surface area (Å²) < 4.78 is 0. The zero-order valence-corrected chi connectivity index (χ0v) is 40.3. The molecule has 10 rings (SSSR count). The van der Waals surface area contributed by atoms with Gasteiger partial charge in [-0.15, -0.1) is 0 Å². The molecule has 0 fully saturated rings. The molecular formula is C61H54N6O8. The lowest BCUT2D eigenvalue weighted by atomic mass is 9.90. The maximum Gasteiger partial charge on any atom is 0.339 e. The number of carboxylic acid groups (broad SMARTS) is 2. The highest BCUT2D eigenvalue weighted by Gasteiger charge is 2.23. The van der Waals surface area contributed by atoms with Crippen molar-refractivity contribution in [3.05, 3.63) is 262 Å². The van der Waals surface area contributed by atoms with Gasteiger partial charge in [-0.05, 0) is 151 Å². The van der Waals surface area contributed by atoms with Gasteiger partial charge >= 0.3 is 11.9 Å². The number of nitrogen functional groups attached to an aromatic ring is 4. The molecule has 0 saturated heterocycles. The zero-order valence-electron chi connectivity index (χ0n) is 40.3. The molecule has 0 spiro atoms. The minimum absolute atomic E-state index is 0. The van der Waals surface area contributed by atoms with Crippen LogP contribution < -0.4 is 22.9 Å². The molecule has 0 unspecified atom stereocenters. The predicted molar refractivity (Wildman–Crippen MR) is 303 cm³/mol. The fourth-order valence-electron chi connectivity index (χ4n) is 8.56. The molecule has 0 amide bonds. The lowest BCUT2D eigenvalue weighted by Crippen LogP contribution is -2.04. The van der Waals surface area contributed by atoms with Gasteiger partial charge in [0.15, 0.2) is 0 Å². The number of hydrogen-bond acceptors (Lipinski definition) is 10. The predicted octanol–water partition coefficient (Wildman–Crippen LogP) is 10.3. The molecule has 75 heavy (non-hydrogen) atoms. The highest BCUT2D eigenvalue weighted by atomic mass is 16.4. The fraction of sp³-hybridized carbons (Fsp3) is 0.0164.